The lowest BCUT2D eigenvalue weighted by Crippen LogP contribution is -2.42. The van der Waals surface area contributed by atoms with E-state index in [0.717, 1.165) is 11.1 Å². The summed E-state index contributed by atoms with van der Waals surface area (Å²) in [4.78, 5) is 39.4. The number of carbonyl (C=O) groups excluding carboxylic acids is 3. The molecule has 2 heterocycles. The lowest BCUT2D eigenvalue weighted by atomic mass is 9.88. The van der Waals surface area contributed by atoms with E-state index in [1.54, 1.807) is 6.07 Å². The van der Waals surface area contributed by atoms with Gasteiger partial charge in [0.15, 0.2) is 5.78 Å². The van der Waals surface area contributed by atoms with E-state index < -0.39 is 18.1 Å². The number of Topliss-reactive ketones (excluding diaryl/α,β-unsaturated/α-hetero) is 2. The maximum absolute atomic E-state index is 13.0. The van der Waals surface area contributed by atoms with Gasteiger partial charge in [-0.15, -0.1) is 0 Å². The smallest absolute Gasteiger partial charge is 0.231 e. The molecule has 1 saturated heterocycles. The zero-order chi connectivity index (χ0) is 21.8. The summed E-state index contributed by atoms with van der Waals surface area (Å²) in [6.45, 7) is 3.58. The minimum atomic E-state index is -0.759. The van der Waals surface area contributed by atoms with Gasteiger partial charge in [-0.25, -0.2) is 0 Å². The van der Waals surface area contributed by atoms with Crippen molar-refractivity contribution in [1.29, 1.82) is 0 Å². The summed E-state index contributed by atoms with van der Waals surface area (Å²) in [6.07, 6.45) is -0.0728. The quantitative estimate of drug-likeness (QED) is 0.533. The predicted molar refractivity (Wildman–Crippen MR) is 118 cm³/mol. The molecule has 1 aliphatic rings. The third kappa shape index (κ3) is 5.75. The zero-order valence-corrected chi connectivity index (χ0v) is 19.2. The first-order valence-corrected chi connectivity index (χ1v) is 11.0. The van der Waals surface area contributed by atoms with Crippen molar-refractivity contribution in [3.05, 3.63) is 50.9 Å². The average molecular weight is 524 g/mol. The normalized spacial score (nSPS) is 19.7. The molecular formula is C22H25IN2O5. The molecule has 0 saturated carbocycles. The van der Waals surface area contributed by atoms with E-state index in [-0.39, 0.29) is 43.3 Å². The maximum atomic E-state index is 13.0. The van der Waals surface area contributed by atoms with E-state index in [1.165, 1.54) is 11.8 Å². The van der Waals surface area contributed by atoms with Gasteiger partial charge in [0.05, 0.1) is 18.6 Å². The van der Waals surface area contributed by atoms with Gasteiger partial charge in [0.1, 0.15) is 15.2 Å². The van der Waals surface area contributed by atoms with E-state index in [9.17, 15) is 19.5 Å². The number of hydrogen-bond acceptors (Lipinski definition) is 6. The summed E-state index contributed by atoms with van der Waals surface area (Å²) in [5.74, 6) is -0.588. The molecule has 30 heavy (non-hydrogen) atoms. The highest BCUT2D eigenvalue weighted by Crippen LogP contribution is 2.24. The van der Waals surface area contributed by atoms with Gasteiger partial charge in [-0.2, -0.15) is 0 Å². The van der Waals surface area contributed by atoms with Crippen LogP contribution in [0.1, 0.15) is 36.7 Å². The number of likely N-dealkylation sites (tertiary alicyclic amines) is 1. The minimum Gasteiger partial charge on any atom is -0.391 e. The second-order valence-electron chi connectivity index (χ2n) is 7.91. The van der Waals surface area contributed by atoms with Gasteiger partial charge < -0.3 is 14.5 Å². The highest BCUT2D eigenvalue weighted by Gasteiger charge is 2.39. The molecule has 0 spiro atoms. The van der Waals surface area contributed by atoms with Crippen LogP contribution in [0.4, 0.5) is 0 Å². The largest absolute Gasteiger partial charge is 0.391 e. The van der Waals surface area contributed by atoms with E-state index in [4.69, 9.17) is 4.52 Å². The van der Waals surface area contributed by atoms with Gasteiger partial charge in [-0.05, 0) is 48.4 Å². The monoisotopic (exact) mass is 524 g/mol. The molecule has 8 heteroatoms. The standard InChI is InChI=1S/C22H25IN2O5/c1-13-3-5-15(6-4-13)7-16(14(2)26)8-20(28)19-9-17(27)12-25(19)22(29)11-18-10-21(23)24-30-18/h3-6,10,16-17,19,27H,7-9,11-12H2,1-2H3/t16-,17+,19-/m0/s1. The van der Waals surface area contributed by atoms with Crippen molar-refractivity contribution in [2.45, 2.75) is 51.7 Å². The van der Waals surface area contributed by atoms with Crippen LogP contribution in [0.15, 0.2) is 34.9 Å². The van der Waals surface area contributed by atoms with Crippen LogP contribution in [0.2, 0.25) is 0 Å². The van der Waals surface area contributed by atoms with Gasteiger partial charge in [-0.1, -0.05) is 35.0 Å². The van der Waals surface area contributed by atoms with Crippen LogP contribution in [-0.4, -0.2) is 51.3 Å². The number of nitrogens with zero attached hydrogens (tertiary/aromatic N) is 2. The van der Waals surface area contributed by atoms with Crippen LogP contribution in [0.5, 0.6) is 0 Å². The lowest BCUT2D eigenvalue weighted by Gasteiger charge is -2.24. The number of aliphatic hydroxyl groups excluding tert-OH is 1. The van der Waals surface area contributed by atoms with Crippen molar-refractivity contribution in [2.75, 3.05) is 6.54 Å². The van der Waals surface area contributed by atoms with Gasteiger partial charge >= 0.3 is 0 Å². The fourth-order valence-corrected chi connectivity index (χ4v) is 4.21. The minimum absolute atomic E-state index is 0.0218. The molecule has 160 valence electrons. The summed E-state index contributed by atoms with van der Waals surface area (Å²) < 4.78 is 5.73. The van der Waals surface area contributed by atoms with Gasteiger partial charge in [0, 0.05) is 31.4 Å². The molecule has 7 nitrogen and oxygen atoms in total. The van der Waals surface area contributed by atoms with Crippen LogP contribution >= 0.6 is 22.6 Å². The Bertz CT molecular complexity index is 924. The number of carbonyl (C=O) groups is 3. The van der Waals surface area contributed by atoms with Crippen molar-refractivity contribution < 1.29 is 24.0 Å². The molecule has 3 rings (SSSR count). The second-order valence-corrected chi connectivity index (χ2v) is 9.02. The van der Waals surface area contributed by atoms with Crippen LogP contribution in [0.3, 0.4) is 0 Å². The Morgan fingerprint density at radius 2 is 2.00 bits per heavy atom. The van der Waals surface area contributed by atoms with Crippen LogP contribution in [0.25, 0.3) is 0 Å². The second kappa shape index (κ2) is 9.82. The molecule has 0 bridgehead atoms. The number of benzene rings is 1. The van der Waals surface area contributed by atoms with Crippen molar-refractivity contribution in [3.8, 4) is 0 Å². The number of hydrogen-bond donors (Lipinski definition) is 1. The highest BCUT2D eigenvalue weighted by atomic mass is 127. The molecule has 1 aromatic heterocycles. The molecule has 0 aliphatic carbocycles. The molecule has 1 fully saturated rings. The summed E-state index contributed by atoms with van der Waals surface area (Å²) >= 11 is 1.99. The fraction of sp³-hybridized carbons (Fsp3) is 0.455. The van der Waals surface area contributed by atoms with E-state index in [0.29, 0.717) is 15.9 Å². The van der Waals surface area contributed by atoms with E-state index >= 15 is 0 Å². The molecule has 1 aliphatic heterocycles. The molecule has 2 aromatic rings. The predicted octanol–water partition coefficient (Wildman–Crippen LogP) is 2.50. The topological polar surface area (TPSA) is 101 Å². The van der Waals surface area contributed by atoms with Crippen LogP contribution in [-0.2, 0) is 27.2 Å². The highest BCUT2D eigenvalue weighted by molar-refractivity contribution is 14.1. The van der Waals surface area contributed by atoms with Gasteiger partial charge in [-0.3, -0.25) is 14.4 Å². The molecule has 3 atom stereocenters. The average Bonchev–Trinajstić information content (AvgIpc) is 3.28. The third-order valence-corrected chi connectivity index (χ3v) is 5.96. The van der Waals surface area contributed by atoms with Gasteiger partial charge in [0.25, 0.3) is 0 Å². The van der Waals surface area contributed by atoms with Crippen molar-refractivity contribution >= 4 is 40.1 Å². The fourth-order valence-electron chi connectivity index (χ4n) is 3.76. The first-order chi connectivity index (χ1) is 14.2. The van der Waals surface area contributed by atoms with Crippen molar-refractivity contribution in [3.63, 3.8) is 0 Å². The van der Waals surface area contributed by atoms with Gasteiger partial charge in [0.2, 0.25) is 5.91 Å². The zero-order valence-electron chi connectivity index (χ0n) is 17.0. The number of ketones is 2. The summed E-state index contributed by atoms with van der Waals surface area (Å²) in [6, 6.07) is 8.82. The molecular weight excluding hydrogens is 499 g/mol. The summed E-state index contributed by atoms with van der Waals surface area (Å²) in [5, 5.41) is 13.8. The van der Waals surface area contributed by atoms with Crippen molar-refractivity contribution in [1.82, 2.24) is 10.1 Å². The van der Waals surface area contributed by atoms with E-state index in [1.807, 2.05) is 53.8 Å². The molecule has 1 N–H and O–H groups in total. The van der Waals surface area contributed by atoms with E-state index in [2.05, 4.69) is 5.16 Å². The Morgan fingerprint density at radius 1 is 1.30 bits per heavy atom. The van der Waals surface area contributed by atoms with Crippen molar-refractivity contribution in [2.24, 2.45) is 5.92 Å². The number of halogens is 1. The number of aromatic nitrogens is 1. The summed E-state index contributed by atoms with van der Waals surface area (Å²) in [5.41, 5.74) is 2.12. The molecule has 1 amide bonds. The molecule has 0 unspecified atom stereocenters. The summed E-state index contributed by atoms with van der Waals surface area (Å²) in [7, 11) is 0. The number of β-amino-alcohol motifs (C(OH)–C–C–N with tert-alkyl or cyclic N) is 1. The van der Waals surface area contributed by atoms with Crippen LogP contribution in [0, 0.1) is 16.5 Å². The number of rotatable bonds is 8. The lowest BCUT2D eigenvalue weighted by molar-refractivity contribution is -0.138. The number of aryl methyl sites for hydroxylation is 1. The number of amides is 1. The molecule has 0 radical (unpaired) electrons. The Kier molecular flexibility index (Phi) is 7.41. The van der Waals surface area contributed by atoms with Crippen LogP contribution < -0.4 is 0 Å². The Balaban J connectivity index is 1.68. The maximum Gasteiger partial charge on any atom is 0.231 e. The Hall–Kier alpha value is -2.07. The SMILES string of the molecule is CC(=O)[C@H](CC(=O)[C@@H]1C[C@@H](O)CN1C(=O)Cc1cc(I)no1)Cc1ccc(C)cc1. The molecule has 1 aromatic carbocycles. The number of aliphatic hydroxyl groups is 1. The Morgan fingerprint density at radius 3 is 2.60 bits per heavy atom. The first-order valence-electron chi connectivity index (χ1n) is 9.90. The first kappa shape index (κ1) is 22.6. The Labute approximate surface area is 188 Å². The third-order valence-electron chi connectivity index (χ3n) is 5.45.